The van der Waals surface area contributed by atoms with Crippen LogP contribution in [0.15, 0.2) is 29.8 Å². The van der Waals surface area contributed by atoms with E-state index in [0.29, 0.717) is 12.1 Å². The van der Waals surface area contributed by atoms with E-state index in [1.54, 1.807) is 31.7 Å². The topological polar surface area (TPSA) is 61.2 Å². The monoisotopic (exact) mass is 282 g/mol. The van der Waals surface area contributed by atoms with Gasteiger partial charge in [-0.2, -0.15) is 5.26 Å². The summed E-state index contributed by atoms with van der Waals surface area (Å²) in [5.41, 5.74) is 0.908. The van der Waals surface area contributed by atoms with Crippen LogP contribution in [-0.4, -0.2) is 18.2 Å². The Morgan fingerprint density at radius 1 is 1.29 bits per heavy atom. The number of carbonyl (C=O) groups excluding carboxylic acids is 2. The predicted molar refractivity (Wildman–Crippen MR) is 81.5 cm³/mol. The van der Waals surface area contributed by atoms with Crippen LogP contribution >= 0.6 is 0 Å². The second kappa shape index (κ2) is 5.17. The molecule has 0 spiro atoms. The van der Waals surface area contributed by atoms with Crippen molar-refractivity contribution in [3.8, 4) is 6.07 Å². The third-order valence-corrected chi connectivity index (χ3v) is 3.51. The number of allylic oxidation sites excluding steroid dienone is 1. The molecule has 21 heavy (non-hydrogen) atoms. The summed E-state index contributed by atoms with van der Waals surface area (Å²) in [7, 11) is 0. The summed E-state index contributed by atoms with van der Waals surface area (Å²) < 4.78 is 0. The highest BCUT2D eigenvalue weighted by atomic mass is 16.2. The van der Waals surface area contributed by atoms with E-state index in [-0.39, 0.29) is 22.8 Å². The molecule has 0 radical (unpaired) electrons. The summed E-state index contributed by atoms with van der Waals surface area (Å²) in [6, 6.07) is 9.22. The van der Waals surface area contributed by atoms with Crippen molar-refractivity contribution < 1.29 is 9.59 Å². The molecule has 1 heterocycles. The fraction of sp³-hybridized carbons (Fsp3) is 0.353. The molecule has 4 nitrogen and oxygen atoms in total. The number of rotatable bonds is 2. The normalized spacial score (nSPS) is 16.5. The van der Waals surface area contributed by atoms with Gasteiger partial charge in [0, 0.05) is 17.5 Å². The van der Waals surface area contributed by atoms with E-state index < -0.39 is 5.41 Å². The van der Waals surface area contributed by atoms with Crippen molar-refractivity contribution in [1.29, 1.82) is 5.26 Å². The molecule has 2 rings (SSSR count). The van der Waals surface area contributed by atoms with Gasteiger partial charge in [-0.25, -0.2) is 0 Å². The summed E-state index contributed by atoms with van der Waals surface area (Å²) >= 11 is 0. The average molecular weight is 282 g/mol. The smallest absolute Gasteiger partial charge is 0.260 e. The van der Waals surface area contributed by atoms with Gasteiger partial charge in [-0.05, 0) is 13.0 Å². The summed E-state index contributed by atoms with van der Waals surface area (Å²) in [5, 5.41) is 9.42. The van der Waals surface area contributed by atoms with Gasteiger partial charge in [0.2, 0.25) is 0 Å². The number of benzene rings is 1. The fourth-order valence-corrected chi connectivity index (χ4v) is 2.43. The third-order valence-electron chi connectivity index (χ3n) is 3.51. The number of para-hydroxylation sites is 1. The lowest BCUT2D eigenvalue weighted by molar-refractivity contribution is -0.122. The minimum absolute atomic E-state index is 0.0455. The fourth-order valence-electron chi connectivity index (χ4n) is 2.43. The molecule has 0 aromatic heterocycles. The molecule has 0 unspecified atom stereocenters. The molecule has 1 aromatic carbocycles. The molecule has 1 aliphatic heterocycles. The SMILES string of the molecule is CCN1C(=O)/C(=C(\C#N)C(=O)C(C)(C)C)c2ccccc21. The van der Waals surface area contributed by atoms with Gasteiger partial charge in [-0.3, -0.25) is 9.59 Å². The van der Waals surface area contributed by atoms with E-state index in [4.69, 9.17) is 0 Å². The van der Waals surface area contributed by atoms with Gasteiger partial charge in [0.05, 0.1) is 11.3 Å². The average Bonchev–Trinajstić information content (AvgIpc) is 2.71. The largest absolute Gasteiger partial charge is 0.308 e. The Morgan fingerprint density at radius 3 is 2.43 bits per heavy atom. The zero-order valence-electron chi connectivity index (χ0n) is 12.7. The number of hydrogen-bond donors (Lipinski definition) is 0. The Labute approximate surface area is 124 Å². The highest BCUT2D eigenvalue weighted by Gasteiger charge is 2.37. The highest BCUT2D eigenvalue weighted by molar-refractivity contribution is 6.37. The maximum absolute atomic E-state index is 12.6. The van der Waals surface area contributed by atoms with Crippen molar-refractivity contribution in [2.45, 2.75) is 27.7 Å². The predicted octanol–water partition coefficient (Wildman–Crippen LogP) is 2.95. The molecule has 0 fully saturated rings. The molecule has 1 amide bonds. The maximum atomic E-state index is 12.6. The standard InChI is InChI=1S/C17H18N2O2/c1-5-19-13-9-7-6-8-11(13)14(16(19)21)12(10-18)15(20)17(2,3)4/h6-9H,5H2,1-4H3/b14-12+. The van der Waals surface area contributed by atoms with Crippen LogP contribution in [0.25, 0.3) is 5.57 Å². The maximum Gasteiger partial charge on any atom is 0.260 e. The minimum atomic E-state index is -0.701. The second-order valence-corrected chi connectivity index (χ2v) is 6.01. The number of nitriles is 1. The molecule has 0 aliphatic carbocycles. The van der Waals surface area contributed by atoms with E-state index >= 15 is 0 Å². The first kappa shape index (κ1) is 15.0. The second-order valence-electron chi connectivity index (χ2n) is 6.01. The van der Waals surface area contributed by atoms with Crippen molar-refractivity contribution in [3.63, 3.8) is 0 Å². The van der Waals surface area contributed by atoms with Crippen LogP contribution in [0.5, 0.6) is 0 Å². The van der Waals surface area contributed by atoms with E-state index in [2.05, 4.69) is 0 Å². The summed E-state index contributed by atoms with van der Waals surface area (Å²) in [6.07, 6.45) is 0. The zero-order valence-corrected chi connectivity index (χ0v) is 12.7. The lowest BCUT2D eigenvalue weighted by atomic mass is 9.84. The number of nitrogens with zero attached hydrogens (tertiary/aromatic N) is 2. The van der Waals surface area contributed by atoms with Crippen LogP contribution in [0.1, 0.15) is 33.3 Å². The molecule has 0 saturated carbocycles. The van der Waals surface area contributed by atoms with E-state index in [1.165, 1.54) is 0 Å². The number of ketones is 1. The number of carbonyl (C=O) groups is 2. The molecule has 0 bridgehead atoms. The van der Waals surface area contributed by atoms with E-state index in [9.17, 15) is 14.9 Å². The first-order chi connectivity index (χ1) is 9.82. The molecule has 1 aliphatic rings. The van der Waals surface area contributed by atoms with Crippen molar-refractivity contribution in [2.75, 3.05) is 11.4 Å². The van der Waals surface area contributed by atoms with Gasteiger partial charge in [0.15, 0.2) is 5.78 Å². The Morgan fingerprint density at radius 2 is 1.90 bits per heavy atom. The summed E-state index contributed by atoms with van der Waals surface area (Å²) in [6.45, 7) is 7.61. The Bertz CT molecular complexity index is 687. The van der Waals surface area contributed by atoms with Crippen LogP contribution in [-0.2, 0) is 9.59 Å². The number of amides is 1. The molecule has 0 saturated heterocycles. The van der Waals surface area contributed by atoms with Gasteiger partial charge < -0.3 is 4.90 Å². The first-order valence-corrected chi connectivity index (χ1v) is 6.93. The molecular formula is C17H18N2O2. The van der Waals surface area contributed by atoms with Gasteiger partial charge in [0.25, 0.3) is 5.91 Å². The summed E-state index contributed by atoms with van der Waals surface area (Å²) in [4.78, 5) is 26.7. The third kappa shape index (κ3) is 2.36. The highest BCUT2D eigenvalue weighted by Crippen LogP contribution is 2.39. The van der Waals surface area contributed by atoms with Crippen LogP contribution in [0, 0.1) is 16.7 Å². The quantitative estimate of drug-likeness (QED) is 0.619. The van der Waals surface area contributed by atoms with Crippen LogP contribution in [0.3, 0.4) is 0 Å². The van der Waals surface area contributed by atoms with Crippen LogP contribution < -0.4 is 4.90 Å². The molecule has 4 heteroatoms. The number of fused-ring (bicyclic) bond motifs is 1. The number of hydrogen-bond acceptors (Lipinski definition) is 3. The van der Waals surface area contributed by atoms with Crippen molar-refractivity contribution >= 4 is 23.0 Å². The number of Topliss-reactive ketones (excluding diaryl/α,β-unsaturated/α-hetero) is 1. The van der Waals surface area contributed by atoms with Crippen molar-refractivity contribution in [1.82, 2.24) is 0 Å². The lowest BCUT2D eigenvalue weighted by Gasteiger charge is -2.17. The summed E-state index contributed by atoms with van der Waals surface area (Å²) in [5.74, 6) is -0.575. The van der Waals surface area contributed by atoms with Gasteiger partial charge in [-0.15, -0.1) is 0 Å². The number of anilines is 1. The number of likely N-dealkylation sites (N-methyl/N-ethyl adjacent to an activating group) is 1. The molecule has 108 valence electrons. The molecular weight excluding hydrogens is 264 g/mol. The molecule has 0 N–H and O–H groups in total. The van der Waals surface area contributed by atoms with Gasteiger partial charge >= 0.3 is 0 Å². The molecule has 0 atom stereocenters. The van der Waals surface area contributed by atoms with Crippen molar-refractivity contribution in [2.24, 2.45) is 5.41 Å². The van der Waals surface area contributed by atoms with Crippen LogP contribution in [0.2, 0.25) is 0 Å². The lowest BCUT2D eigenvalue weighted by Crippen LogP contribution is -2.28. The Kier molecular flexibility index (Phi) is 3.69. The molecule has 1 aromatic rings. The minimum Gasteiger partial charge on any atom is -0.308 e. The zero-order chi connectivity index (χ0) is 15.8. The van der Waals surface area contributed by atoms with Crippen molar-refractivity contribution in [3.05, 3.63) is 35.4 Å². The Hall–Kier alpha value is -2.41. The van der Waals surface area contributed by atoms with Crippen LogP contribution in [0.4, 0.5) is 5.69 Å². The van der Waals surface area contributed by atoms with Gasteiger partial charge in [0.1, 0.15) is 11.6 Å². The Balaban J connectivity index is 2.73. The van der Waals surface area contributed by atoms with Gasteiger partial charge in [-0.1, -0.05) is 39.0 Å². The van der Waals surface area contributed by atoms with E-state index in [0.717, 1.165) is 5.69 Å². The van der Waals surface area contributed by atoms with E-state index in [1.807, 2.05) is 31.2 Å². The first-order valence-electron chi connectivity index (χ1n) is 6.93.